The molecule has 2 rings (SSSR count). The van der Waals surface area contributed by atoms with Gasteiger partial charge in [0.05, 0.1) is 0 Å². The Morgan fingerprint density at radius 1 is 1.00 bits per heavy atom. The van der Waals surface area contributed by atoms with Gasteiger partial charge >= 0.3 is 0 Å². The fourth-order valence-corrected chi connectivity index (χ4v) is 2.39. The Morgan fingerprint density at radius 3 is 2.26 bits per heavy atom. The molecule has 0 amide bonds. The lowest BCUT2D eigenvalue weighted by Crippen LogP contribution is -2.10. The molecule has 0 aliphatic rings. The Balaban J connectivity index is 2.01. The average Bonchev–Trinajstić information content (AvgIpc) is 2.36. The highest BCUT2D eigenvalue weighted by molar-refractivity contribution is 9.10. The predicted octanol–water partition coefficient (Wildman–Crippen LogP) is 5.36. The molecule has 2 aromatic rings. The summed E-state index contributed by atoms with van der Waals surface area (Å²) in [6.07, 6.45) is 0. The van der Waals surface area contributed by atoms with Crippen LogP contribution in [0.1, 0.15) is 31.9 Å². The zero-order valence-corrected chi connectivity index (χ0v) is 13.3. The lowest BCUT2D eigenvalue weighted by molar-refractivity contribution is 0.590. The van der Waals surface area contributed by atoms with Crippen molar-refractivity contribution >= 4 is 21.6 Å². The summed E-state index contributed by atoms with van der Waals surface area (Å²) in [6.45, 7) is 7.54. The van der Waals surface area contributed by atoms with Crippen LogP contribution in [0, 0.1) is 0 Å². The zero-order valence-electron chi connectivity index (χ0n) is 11.7. The van der Waals surface area contributed by atoms with Crippen LogP contribution < -0.4 is 5.32 Å². The van der Waals surface area contributed by atoms with Crippen molar-refractivity contribution in [1.82, 2.24) is 0 Å². The average molecular weight is 318 g/mol. The summed E-state index contributed by atoms with van der Waals surface area (Å²) in [5.41, 5.74) is 4.01. The zero-order chi connectivity index (χ0) is 13.9. The van der Waals surface area contributed by atoms with E-state index in [-0.39, 0.29) is 5.41 Å². The van der Waals surface area contributed by atoms with Crippen molar-refractivity contribution in [2.45, 2.75) is 32.7 Å². The summed E-state index contributed by atoms with van der Waals surface area (Å²) >= 11 is 3.49. The maximum Gasteiger partial charge on any atom is 0.0401 e. The molecule has 0 aromatic heterocycles. The van der Waals surface area contributed by atoms with Crippen LogP contribution in [0.2, 0.25) is 0 Å². The van der Waals surface area contributed by atoms with Crippen LogP contribution in [0.5, 0.6) is 0 Å². The van der Waals surface area contributed by atoms with Gasteiger partial charge in [-0.3, -0.25) is 0 Å². The summed E-state index contributed by atoms with van der Waals surface area (Å²) in [5, 5.41) is 3.45. The molecule has 1 N–H and O–H groups in total. The minimum Gasteiger partial charge on any atom is -0.381 e. The molecule has 0 saturated carbocycles. The van der Waals surface area contributed by atoms with Gasteiger partial charge in [-0.15, -0.1) is 0 Å². The number of hydrogen-bond donors (Lipinski definition) is 1. The van der Waals surface area contributed by atoms with Crippen LogP contribution in [0.25, 0.3) is 0 Å². The number of hydrogen-bond acceptors (Lipinski definition) is 1. The van der Waals surface area contributed by atoms with E-state index in [1.807, 2.05) is 6.07 Å². The number of anilines is 1. The van der Waals surface area contributed by atoms with E-state index in [0.717, 1.165) is 16.7 Å². The first-order valence-corrected chi connectivity index (χ1v) is 7.33. The molecular weight excluding hydrogens is 298 g/mol. The Morgan fingerprint density at radius 2 is 1.68 bits per heavy atom. The number of benzene rings is 2. The van der Waals surface area contributed by atoms with Crippen molar-refractivity contribution in [1.29, 1.82) is 0 Å². The van der Waals surface area contributed by atoms with E-state index < -0.39 is 0 Å². The van der Waals surface area contributed by atoms with Gasteiger partial charge in [0.1, 0.15) is 0 Å². The first-order valence-electron chi connectivity index (χ1n) is 6.54. The second kappa shape index (κ2) is 5.79. The number of rotatable bonds is 3. The van der Waals surface area contributed by atoms with Gasteiger partial charge in [0, 0.05) is 16.7 Å². The van der Waals surface area contributed by atoms with Crippen molar-refractivity contribution in [2.24, 2.45) is 0 Å². The molecule has 0 spiro atoms. The monoisotopic (exact) mass is 317 g/mol. The summed E-state index contributed by atoms with van der Waals surface area (Å²) in [6, 6.07) is 17.1. The SMILES string of the molecule is CC(C)(C)c1ccc(NCc2cccc(Br)c2)cc1. The molecule has 0 aliphatic heterocycles. The highest BCUT2D eigenvalue weighted by atomic mass is 79.9. The van der Waals surface area contributed by atoms with Crippen molar-refractivity contribution in [2.75, 3.05) is 5.32 Å². The molecule has 1 nitrogen and oxygen atoms in total. The smallest absolute Gasteiger partial charge is 0.0401 e. The van der Waals surface area contributed by atoms with E-state index in [9.17, 15) is 0 Å². The van der Waals surface area contributed by atoms with E-state index in [4.69, 9.17) is 0 Å². The highest BCUT2D eigenvalue weighted by Crippen LogP contribution is 2.23. The molecule has 0 atom stereocenters. The Bertz CT molecular complexity index is 538. The molecule has 0 bridgehead atoms. The van der Waals surface area contributed by atoms with Crippen molar-refractivity contribution < 1.29 is 0 Å². The molecule has 0 heterocycles. The minimum atomic E-state index is 0.211. The highest BCUT2D eigenvalue weighted by Gasteiger charge is 2.12. The summed E-state index contributed by atoms with van der Waals surface area (Å²) in [7, 11) is 0. The maximum absolute atomic E-state index is 3.49. The topological polar surface area (TPSA) is 12.0 Å². The Kier molecular flexibility index (Phi) is 4.31. The van der Waals surface area contributed by atoms with Gasteiger partial charge in [-0.2, -0.15) is 0 Å². The van der Waals surface area contributed by atoms with Crippen LogP contribution in [0.4, 0.5) is 5.69 Å². The molecule has 2 heteroatoms. The van der Waals surface area contributed by atoms with Crippen LogP contribution in [0.3, 0.4) is 0 Å². The van der Waals surface area contributed by atoms with E-state index in [1.165, 1.54) is 11.1 Å². The number of halogens is 1. The quantitative estimate of drug-likeness (QED) is 0.803. The van der Waals surface area contributed by atoms with Crippen molar-refractivity contribution in [3.8, 4) is 0 Å². The number of nitrogens with one attached hydrogen (secondary N) is 1. The molecule has 0 saturated heterocycles. The maximum atomic E-state index is 3.49. The third-order valence-electron chi connectivity index (χ3n) is 3.14. The molecular formula is C17H20BrN. The van der Waals surface area contributed by atoms with Gasteiger partial charge in [0.25, 0.3) is 0 Å². The second-order valence-electron chi connectivity index (χ2n) is 5.81. The predicted molar refractivity (Wildman–Crippen MR) is 86.6 cm³/mol. The van der Waals surface area contributed by atoms with Crippen molar-refractivity contribution in [3.63, 3.8) is 0 Å². The fraction of sp³-hybridized carbons (Fsp3) is 0.294. The molecule has 0 unspecified atom stereocenters. The molecule has 0 radical (unpaired) electrons. The first-order chi connectivity index (χ1) is 8.95. The van der Waals surface area contributed by atoms with E-state index in [2.05, 4.69) is 84.5 Å². The first kappa shape index (κ1) is 14.1. The molecule has 100 valence electrons. The standard InChI is InChI=1S/C17H20BrN/c1-17(2,3)14-7-9-16(10-8-14)19-12-13-5-4-6-15(18)11-13/h4-11,19H,12H2,1-3H3. The summed E-state index contributed by atoms with van der Waals surface area (Å²) in [4.78, 5) is 0. The van der Waals surface area contributed by atoms with E-state index in [1.54, 1.807) is 0 Å². The minimum absolute atomic E-state index is 0.211. The molecule has 0 fully saturated rings. The van der Waals surface area contributed by atoms with E-state index in [0.29, 0.717) is 0 Å². The van der Waals surface area contributed by atoms with Crippen LogP contribution in [0.15, 0.2) is 53.0 Å². The second-order valence-corrected chi connectivity index (χ2v) is 6.73. The Hall–Kier alpha value is -1.28. The van der Waals surface area contributed by atoms with Gasteiger partial charge < -0.3 is 5.32 Å². The molecule has 19 heavy (non-hydrogen) atoms. The largest absolute Gasteiger partial charge is 0.381 e. The van der Waals surface area contributed by atoms with E-state index >= 15 is 0 Å². The molecule has 0 aliphatic carbocycles. The van der Waals surface area contributed by atoms with Gasteiger partial charge in [-0.05, 0) is 40.8 Å². The van der Waals surface area contributed by atoms with Crippen molar-refractivity contribution in [3.05, 3.63) is 64.1 Å². The van der Waals surface area contributed by atoms with Crippen LogP contribution in [-0.2, 0) is 12.0 Å². The molecule has 2 aromatic carbocycles. The Labute approximate surface area is 124 Å². The summed E-state index contributed by atoms with van der Waals surface area (Å²) in [5.74, 6) is 0. The van der Waals surface area contributed by atoms with Gasteiger partial charge in [-0.1, -0.05) is 61.0 Å². The fourth-order valence-electron chi connectivity index (χ4n) is 1.94. The van der Waals surface area contributed by atoms with Gasteiger partial charge in [-0.25, -0.2) is 0 Å². The normalized spacial score (nSPS) is 11.4. The van der Waals surface area contributed by atoms with Gasteiger partial charge in [0.15, 0.2) is 0 Å². The summed E-state index contributed by atoms with van der Waals surface area (Å²) < 4.78 is 1.12. The van der Waals surface area contributed by atoms with Gasteiger partial charge in [0.2, 0.25) is 0 Å². The lowest BCUT2D eigenvalue weighted by Gasteiger charge is -2.19. The third-order valence-corrected chi connectivity index (χ3v) is 3.63. The van der Waals surface area contributed by atoms with Crippen LogP contribution in [-0.4, -0.2) is 0 Å². The van der Waals surface area contributed by atoms with Crippen LogP contribution >= 0.6 is 15.9 Å². The third kappa shape index (κ3) is 4.10. The lowest BCUT2D eigenvalue weighted by atomic mass is 9.87.